The molecule has 3 N–H and O–H groups in total. The summed E-state index contributed by atoms with van der Waals surface area (Å²) in [5.74, 6) is -1.12. The molecule has 7 heteroatoms. The Labute approximate surface area is 124 Å². The molecule has 1 aliphatic carbocycles. The van der Waals surface area contributed by atoms with Gasteiger partial charge in [-0.1, -0.05) is 6.92 Å². The number of esters is 1. The van der Waals surface area contributed by atoms with Crippen molar-refractivity contribution in [3.63, 3.8) is 0 Å². The van der Waals surface area contributed by atoms with Gasteiger partial charge in [0.25, 0.3) is 0 Å². The Bertz CT molecular complexity index is 402. The molecule has 1 unspecified atom stereocenters. The molecule has 0 saturated heterocycles. The first-order valence-electron chi connectivity index (χ1n) is 7.29. The lowest BCUT2D eigenvalue weighted by atomic mass is 9.77. The summed E-state index contributed by atoms with van der Waals surface area (Å²) in [6, 6.07) is -1.48. The molecule has 21 heavy (non-hydrogen) atoms. The van der Waals surface area contributed by atoms with Gasteiger partial charge < -0.3 is 20.5 Å². The summed E-state index contributed by atoms with van der Waals surface area (Å²) in [4.78, 5) is 34.9. The molecule has 0 spiro atoms. The Kier molecular flexibility index (Phi) is 5.99. The number of rotatable bonds is 5. The third-order valence-corrected chi connectivity index (χ3v) is 3.88. The number of carbonyl (C=O) groups is 3. The number of ether oxygens (including phenoxy) is 1. The lowest BCUT2D eigenvalue weighted by molar-refractivity contribution is -0.146. The Morgan fingerprint density at radius 2 is 1.90 bits per heavy atom. The number of aliphatic carboxylic acids is 1. The highest BCUT2D eigenvalue weighted by molar-refractivity contribution is 5.88. The third-order valence-electron chi connectivity index (χ3n) is 3.88. The lowest BCUT2D eigenvalue weighted by Gasteiger charge is -2.36. The van der Waals surface area contributed by atoms with Crippen molar-refractivity contribution in [2.75, 3.05) is 6.61 Å². The SMILES string of the molecule is CCOC(=O)C(C)NC(=O)NC1(C(=O)O)CCC(C)CC1. The molecule has 120 valence electrons. The van der Waals surface area contributed by atoms with Crippen LogP contribution in [0, 0.1) is 5.92 Å². The third kappa shape index (κ3) is 4.61. The predicted molar refractivity (Wildman–Crippen MR) is 75.8 cm³/mol. The zero-order valence-electron chi connectivity index (χ0n) is 12.8. The molecule has 1 aliphatic rings. The highest BCUT2D eigenvalue weighted by Crippen LogP contribution is 2.32. The van der Waals surface area contributed by atoms with Gasteiger partial charge in [-0.15, -0.1) is 0 Å². The topological polar surface area (TPSA) is 105 Å². The molecular formula is C14H24N2O5. The Balaban J connectivity index is 2.62. The van der Waals surface area contributed by atoms with Crippen LogP contribution in [0.3, 0.4) is 0 Å². The van der Waals surface area contributed by atoms with E-state index in [-0.39, 0.29) is 6.61 Å². The Morgan fingerprint density at radius 1 is 1.33 bits per heavy atom. The fourth-order valence-corrected chi connectivity index (χ4v) is 2.42. The quantitative estimate of drug-likeness (QED) is 0.663. The second kappa shape index (κ2) is 7.28. The minimum absolute atomic E-state index is 0.226. The fraction of sp³-hybridized carbons (Fsp3) is 0.786. The highest BCUT2D eigenvalue weighted by Gasteiger charge is 2.42. The first-order chi connectivity index (χ1) is 9.80. The van der Waals surface area contributed by atoms with Gasteiger partial charge in [0.05, 0.1) is 6.61 Å². The van der Waals surface area contributed by atoms with Crippen molar-refractivity contribution in [2.45, 2.75) is 58.0 Å². The summed E-state index contributed by atoms with van der Waals surface area (Å²) < 4.78 is 4.78. The first-order valence-corrected chi connectivity index (χ1v) is 7.29. The minimum atomic E-state index is -1.25. The van der Waals surface area contributed by atoms with E-state index in [2.05, 4.69) is 17.6 Å². The molecule has 0 aromatic heterocycles. The van der Waals surface area contributed by atoms with E-state index in [1.54, 1.807) is 6.92 Å². The van der Waals surface area contributed by atoms with E-state index < -0.39 is 29.6 Å². The van der Waals surface area contributed by atoms with Crippen LogP contribution in [-0.4, -0.2) is 41.3 Å². The van der Waals surface area contributed by atoms with E-state index >= 15 is 0 Å². The summed E-state index contributed by atoms with van der Waals surface area (Å²) in [6.07, 6.45) is 2.29. The van der Waals surface area contributed by atoms with Crippen LogP contribution in [-0.2, 0) is 14.3 Å². The Morgan fingerprint density at radius 3 is 2.38 bits per heavy atom. The summed E-state index contributed by atoms with van der Waals surface area (Å²) >= 11 is 0. The van der Waals surface area contributed by atoms with Crippen LogP contribution in [0.2, 0.25) is 0 Å². The van der Waals surface area contributed by atoms with Crippen LogP contribution >= 0.6 is 0 Å². The van der Waals surface area contributed by atoms with Crippen molar-refractivity contribution in [3.8, 4) is 0 Å². The van der Waals surface area contributed by atoms with E-state index in [1.165, 1.54) is 6.92 Å². The first kappa shape index (κ1) is 17.3. The average Bonchev–Trinajstić information content (AvgIpc) is 2.41. The van der Waals surface area contributed by atoms with Gasteiger partial charge in [0.15, 0.2) is 0 Å². The molecule has 0 bridgehead atoms. The van der Waals surface area contributed by atoms with Crippen LogP contribution in [0.5, 0.6) is 0 Å². The van der Waals surface area contributed by atoms with Gasteiger partial charge in [0, 0.05) is 0 Å². The summed E-state index contributed by atoms with van der Waals surface area (Å²) in [5.41, 5.74) is -1.25. The number of nitrogens with one attached hydrogen (secondary N) is 2. The van der Waals surface area contributed by atoms with Crippen molar-refractivity contribution in [1.29, 1.82) is 0 Å². The fourth-order valence-electron chi connectivity index (χ4n) is 2.42. The van der Waals surface area contributed by atoms with E-state index in [4.69, 9.17) is 4.74 Å². The minimum Gasteiger partial charge on any atom is -0.480 e. The van der Waals surface area contributed by atoms with Crippen molar-refractivity contribution >= 4 is 18.0 Å². The molecular weight excluding hydrogens is 276 g/mol. The number of carbonyl (C=O) groups excluding carboxylic acids is 2. The molecule has 0 aromatic carbocycles. The van der Waals surface area contributed by atoms with E-state index in [1.807, 2.05) is 0 Å². The number of carboxylic acid groups (broad SMARTS) is 1. The predicted octanol–water partition coefficient (Wildman–Crippen LogP) is 1.27. The maximum absolute atomic E-state index is 11.9. The molecule has 1 fully saturated rings. The van der Waals surface area contributed by atoms with Crippen molar-refractivity contribution in [3.05, 3.63) is 0 Å². The maximum Gasteiger partial charge on any atom is 0.329 e. The van der Waals surface area contributed by atoms with Gasteiger partial charge in [0.2, 0.25) is 0 Å². The zero-order chi connectivity index (χ0) is 16.0. The van der Waals surface area contributed by atoms with Crippen LogP contribution < -0.4 is 10.6 Å². The number of amides is 2. The monoisotopic (exact) mass is 300 g/mol. The number of hydrogen-bond donors (Lipinski definition) is 3. The van der Waals surface area contributed by atoms with Crippen molar-refractivity contribution in [2.24, 2.45) is 5.92 Å². The van der Waals surface area contributed by atoms with Gasteiger partial charge in [-0.2, -0.15) is 0 Å². The number of carboxylic acids is 1. The standard InChI is InChI=1S/C14H24N2O5/c1-4-21-11(17)10(3)15-13(20)16-14(12(18)19)7-5-9(2)6-8-14/h9-10H,4-8H2,1-3H3,(H,18,19)(H2,15,16,20). The second-order valence-corrected chi connectivity index (χ2v) is 5.64. The Hall–Kier alpha value is -1.79. The smallest absolute Gasteiger partial charge is 0.329 e. The van der Waals surface area contributed by atoms with Crippen molar-refractivity contribution in [1.82, 2.24) is 10.6 Å². The van der Waals surface area contributed by atoms with Gasteiger partial charge in [-0.3, -0.25) is 0 Å². The van der Waals surface area contributed by atoms with Gasteiger partial charge >= 0.3 is 18.0 Å². The van der Waals surface area contributed by atoms with E-state index in [9.17, 15) is 19.5 Å². The normalized spacial score (nSPS) is 26.5. The molecule has 0 aliphatic heterocycles. The molecule has 1 atom stereocenters. The molecule has 1 saturated carbocycles. The number of hydrogen-bond acceptors (Lipinski definition) is 4. The van der Waals surface area contributed by atoms with Gasteiger partial charge in [-0.05, 0) is 45.4 Å². The van der Waals surface area contributed by atoms with E-state index in [0.29, 0.717) is 18.8 Å². The van der Waals surface area contributed by atoms with Crippen molar-refractivity contribution < 1.29 is 24.2 Å². The van der Waals surface area contributed by atoms with Gasteiger partial charge in [0.1, 0.15) is 11.6 Å². The molecule has 7 nitrogen and oxygen atoms in total. The molecule has 0 radical (unpaired) electrons. The summed E-state index contributed by atoms with van der Waals surface area (Å²) in [7, 11) is 0. The molecule has 0 aromatic rings. The highest BCUT2D eigenvalue weighted by atomic mass is 16.5. The van der Waals surface area contributed by atoms with Crippen LogP contribution in [0.4, 0.5) is 4.79 Å². The second-order valence-electron chi connectivity index (χ2n) is 5.64. The van der Waals surface area contributed by atoms with Crippen LogP contribution in [0.15, 0.2) is 0 Å². The van der Waals surface area contributed by atoms with E-state index in [0.717, 1.165) is 12.8 Å². The summed E-state index contributed by atoms with van der Waals surface area (Å²) in [6.45, 7) is 5.46. The van der Waals surface area contributed by atoms with Crippen LogP contribution in [0.25, 0.3) is 0 Å². The number of urea groups is 1. The zero-order valence-corrected chi connectivity index (χ0v) is 12.8. The molecule has 0 heterocycles. The molecule has 1 rings (SSSR count). The van der Waals surface area contributed by atoms with Gasteiger partial charge in [-0.25, -0.2) is 14.4 Å². The average molecular weight is 300 g/mol. The van der Waals surface area contributed by atoms with Crippen LogP contribution in [0.1, 0.15) is 46.5 Å². The molecule has 2 amide bonds. The lowest BCUT2D eigenvalue weighted by Crippen LogP contribution is -2.60. The largest absolute Gasteiger partial charge is 0.480 e. The maximum atomic E-state index is 11.9. The summed E-state index contributed by atoms with van der Waals surface area (Å²) in [5, 5.41) is 14.4.